The number of fused-ring (bicyclic) bond motifs is 3. The van der Waals surface area contributed by atoms with Crippen LogP contribution in [0.25, 0.3) is 0 Å². The van der Waals surface area contributed by atoms with Crippen molar-refractivity contribution in [2.45, 2.75) is 31.3 Å². The average molecular weight is 414 g/mol. The number of carbonyl (C=O) groups excluding carboxylic acids is 3. The van der Waals surface area contributed by atoms with Gasteiger partial charge in [-0.15, -0.1) is 0 Å². The van der Waals surface area contributed by atoms with E-state index < -0.39 is 11.7 Å². The monoisotopic (exact) mass is 414 g/mol. The van der Waals surface area contributed by atoms with Crippen LogP contribution in [0.1, 0.15) is 40.0 Å². The molecule has 1 fully saturated rings. The van der Waals surface area contributed by atoms with E-state index in [1.807, 2.05) is 0 Å². The zero-order valence-electron chi connectivity index (χ0n) is 16.3. The Balaban J connectivity index is 1.61. The van der Waals surface area contributed by atoms with E-state index in [-0.39, 0.29) is 61.3 Å². The molecule has 0 aliphatic carbocycles. The summed E-state index contributed by atoms with van der Waals surface area (Å²) in [5, 5.41) is 5.59. The highest BCUT2D eigenvalue weighted by Gasteiger charge is 2.38. The van der Waals surface area contributed by atoms with E-state index in [2.05, 4.69) is 15.6 Å². The smallest absolute Gasteiger partial charge is 0.255 e. The second-order valence-corrected chi connectivity index (χ2v) is 7.45. The van der Waals surface area contributed by atoms with Crippen molar-refractivity contribution in [2.75, 3.05) is 19.7 Å². The van der Waals surface area contributed by atoms with Gasteiger partial charge in [0.15, 0.2) is 0 Å². The van der Waals surface area contributed by atoms with Crippen molar-refractivity contribution in [2.24, 2.45) is 0 Å². The molecule has 4 rings (SSSR count). The first-order chi connectivity index (χ1) is 14.5. The van der Waals surface area contributed by atoms with Gasteiger partial charge < -0.3 is 25.3 Å². The lowest BCUT2D eigenvalue weighted by Crippen LogP contribution is -2.48. The standard InChI is InChI=1S/C21H23FN4O4/c22-14-1-4-18-17(9-14)20(28)25-12-16-3-2-15(10-19(27)24-7-8-30-18)26(16)21(29)13-5-6-23-11-13/h1,4-6,9,11,15-16,23H,2-3,7-8,10,12H2,(H,24,27)(H,25,28)/t15-,16+/m0/s1. The molecule has 1 aromatic carbocycles. The summed E-state index contributed by atoms with van der Waals surface area (Å²) >= 11 is 0. The molecule has 2 aliphatic rings. The van der Waals surface area contributed by atoms with Crippen LogP contribution in [0.3, 0.4) is 0 Å². The first-order valence-electron chi connectivity index (χ1n) is 9.95. The van der Waals surface area contributed by atoms with Crippen LogP contribution >= 0.6 is 0 Å². The van der Waals surface area contributed by atoms with Gasteiger partial charge in [-0.05, 0) is 37.1 Å². The molecule has 30 heavy (non-hydrogen) atoms. The number of H-pyrrole nitrogens is 1. The van der Waals surface area contributed by atoms with Gasteiger partial charge >= 0.3 is 0 Å². The summed E-state index contributed by atoms with van der Waals surface area (Å²) in [5.41, 5.74) is 0.581. The molecule has 3 amide bonds. The van der Waals surface area contributed by atoms with E-state index >= 15 is 0 Å². The van der Waals surface area contributed by atoms with Gasteiger partial charge in [0.1, 0.15) is 18.2 Å². The van der Waals surface area contributed by atoms with Crippen molar-refractivity contribution >= 4 is 17.7 Å². The lowest BCUT2D eigenvalue weighted by molar-refractivity contribution is -0.122. The molecule has 1 aromatic heterocycles. The predicted octanol–water partition coefficient (Wildman–Crippen LogP) is 1.46. The van der Waals surface area contributed by atoms with Crippen molar-refractivity contribution in [3.63, 3.8) is 0 Å². The molecule has 0 radical (unpaired) electrons. The number of halogens is 1. The predicted molar refractivity (Wildman–Crippen MR) is 106 cm³/mol. The van der Waals surface area contributed by atoms with Gasteiger partial charge in [-0.3, -0.25) is 14.4 Å². The maximum Gasteiger partial charge on any atom is 0.255 e. The van der Waals surface area contributed by atoms with Crippen LogP contribution in [-0.2, 0) is 4.79 Å². The minimum atomic E-state index is -0.549. The summed E-state index contributed by atoms with van der Waals surface area (Å²) in [6, 6.07) is 4.88. The molecule has 0 unspecified atom stereocenters. The van der Waals surface area contributed by atoms with Crippen molar-refractivity contribution in [3.05, 3.63) is 53.6 Å². The fourth-order valence-corrected chi connectivity index (χ4v) is 4.05. The van der Waals surface area contributed by atoms with Gasteiger partial charge in [-0.25, -0.2) is 4.39 Å². The fourth-order valence-electron chi connectivity index (χ4n) is 4.05. The van der Waals surface area contributed by atoms with Gasteiger partial charge in [-0.1, -0.05) is 0 Å². The highest BCUT2D eigenvalue weighted by Crippen LogP contribution is 2.29. The maximum absolute atomic E-state index is 13.7. The van der Waals surface area contributed by atoms with Crippen LogP contribution in [0.5, 0.6) is 5.75 Å². The first kappa shape index (κ1) is 19.9. The summed E-state index contributed by atoms with van der Waals surface area (Å²) in [6.07, 6.45) is 4.77. The van der Waals surface area contributed by atoms with Crippen molar-refractivity contribution in [3.8, 4) is 5.75 Å². The number of nitrogens with zero attached hydrogens (tertiary/aromatic N) is 1. The number of nitrogens with one attached hydrogen (secondary N) is 3. The summed E-state index contributed by atoms with van der Waals surface area (Å²) in [4.78, 5) is 42.8. The van der Waals surface area contributed by atoms with Crippen molar-refractivity contribution in [1.29, 1.82) is 0 Å². The Bertz CT molecular complexity index is 946. The fraction of sp³-hybridized carbons (Fsp3) is 0.381. The van der Waals surface area contributed by atoms with E-state index in [9.17, 15) is 18.8 Å². The van der Waals surface area contributed by atoms with Crippen LogP contribution in [-0.4, -0.2) is 59.4 Å². The Labute approximate surface area is 172 Å². The Kier molecular flexibility index (Phi) is 5.69. The second kappa shape index (κ2) is 8.56. The molecule has 3 heterocycles. The van der Waals surface area contributed by atoms with Gasteiger partial charge in [0, 0.05) is 37.4 Å². The SMILES string of the molecule is O=C1C[C@@H]2CC[C@H](CNC(=O)c3cc(F)ccc3OCCN1)N2C(=O)c1cc[nH]c1. The minimum Gasteiger partial charge on any atom is -0.491 e. The lowest BCUT2D eigenvalue weighted by Gasteiger charge is -2.30. The molecule has 0 spiro atoms. The number of hydrogen-bond acceptors (Lipinski definition) is 4. The van der Waals surface area contributed by atoms with E-state index in [1.54, 1.807) is 23.4 Å². The molecule has 0 saturated carbocycles. The number of aromatic amines is 1. The van der Waals surface area contributed by atoms with Gasteiger partial charge in [-0.2, -0.15) is 0 Å². The third-order valence-electron chi connectivity index (χ3n) is 5.49. The molecule has 158 valence electrons. The third kappa shape index (κ3) is 4.14. The Hall–Kier alpha value is -3.36. The highest BCUT2D eigenvalue weighted by molar-refractivity contribution is 5.97. The molecule has 1 saturated heterocycles. The molecular weight excluding hydrogens is 391 g/mol. The van der Waals surface area contributed by atoms with Gasteiger partial charge in [0.25, 0.3) is 11.8 Å². The zero-order chi connectivity index (χ0) is 21.1. The van der Waals surface area contributed by atoms with Crippen molar-refractivity contribution < 1.29 is 23.5 Å². The van der Waals surface area contributed by atoms with E-state index in [4.69, 9.17) is 4.74 Å². The van der Waals surface area contributed by atoms with Crippen LogP contribution < -0.4 is 15.4 Å². The molecule has 2 atom stereocenters. The van der Waals surface area contributed by atoms with E-state index in [0.29, 0.717) is 18.4 Å². The van der Waals surface area contributed by atoms with E-state index in [0.717, 1.165) is 6.07 Å². The Morgan fingerprint density at radius 2 is 1.97 bits per heavy atom. The molecular formula is C21H23FN4O4. The quantitative estimate of drug-likeness (QED) is 0.657. The normalized spacial score (nSPS) is 22.4. The molecule has 9 heteroatoms. The maximum atomic E-state index is 13.7. The molecule has 2 bridgehead atoms. The van der Waals surface area contributed by atoms with E-state index in [1.165, 1.54) is 12.1 Å². The first-order valence-corrected chi connectivity index (χ1v) is 9.95. The number of rotatable bonds is 1. The second-order valence-electron chi connectivity index (χ2n) is 7.45. The zero-order valence-corrected chi connectivity index (χ0v) is 16.3. The van der Waals surface area contributed by atoms with Crippen LogP contribution in [0.4, 0.5) is 4.39 Å². The minimum absolute atomic E-state index is 0.0800. The molecule has 2 aliphatic heterocycles. The number of benzene rings is 1. The van der Waals surface area contributed by atoms with Gasteiger partial charge in [0.05, 0.1) is 17.7 Å². The summed E-state index contributed by atoms with van der Waals surface area (Å²) in [7, 11) is 0. The average Bonchev–Trinajstić information content (AvgIpc) is 3.39. The van der Waals surface area contributed by atoms with Crippen LogP contribution in [0, 0.1) is 5.82 Å². The number of hydrogen-bond donors (Lipinski definition) is 3. The molecule has 8 nitrogen and oxygen atoms in total. The number of carbonyl (C=O) groups is 3. The summed E-state index contributed by atoms with van der Waals surface area (Å²) < 4.78 is 19.3. The largest absolute Gasteiger partial charge is 0.491 e. The van der Waals surface area contributed by atoms with Crippen LogP contribution in [0.2, 0.25) is 0 Å². The Morgan fingerprint density at radius 1 is 1.13 bits per heavy atom. The lowest BCUT2D eigenvalue weighted by atomic mass is 10.1. The number of aromatic nitrogens is 1. The van der Waals surface area contributed by atoms with Crippen molar-refractivity contribution in [1.82, 2.24) is 20.5 Å². The number of amides is 3. The Morgan fingerprint density at radius 3 is 2.77 bits per heavy atom. The molecule has 2 aromatic rings. The number of ether oxygens (including phenoxy) is 1. The van der Waals surface area contributed by atoms with Gasteiger partial charge in [0.2, 0.25) is 5.91 Å². The third-order valence-corrected chi connectivity index (χ3v) is 5.49. The molecule has 3 N–H and O–H groups in total. The topological polar surface area (TPSA) is 104 Å². The summed E-state index contributed by atoms with van der Waals surface area (Å²) in [5.74, 6) is -1.14. The highest BCUT2D eigenvalue weighted by atomic mass is 19.1. The summed E-state index contributed by atoms with van der Waals surface area (Å²) in [6.45, 7) is 0.569. The van der Waals surface area contributed by atoms with Crippen LogP contribution in [0.15, 0.2) is 36.7 Å².